The van der Waals surface area contributed by atoms with Gasteiger partial charge in [-0.15, -0.1) is 0 Å². The predicted octanol–water partition coefficient (Wildman–Crippen LogP) is 6.35. The first kappa shape index (κ1) is 15.8. The molecule has 0 aliphatic carbocycles. The molecule has 2 aromatic rings. The molecular weight excluding hydrogens is 252 g/mol. The van der Waals surface area contributed by atoms with E-state index in [4.69, 9.17) is 0 Å². The van der Waals surface area contributed by atoms with Crippen LogP contribution in [0, 0.1) is 6.92 Å². The molecule has 0 aromatic heterocycles. The maximum Gasteiger partial charge on any atom is -0.0120 e. The Labute approximate surface area is 130 Å². The summed E-state index contributed by atoms with van der Waals surface area (Å²) >= 11 is 0. The molecule has 2 rings (SSSR count). The number of aryl methyl sites for hydroxylation is 2. The van der Waals surface area contributed by atoms with E-state index in [2.05, 4.69) is 63.2 Å². The molecule has 0 heteroatoms. The first-order chi connectivity index (χ1) is 10.3. The van der Waals surface area contributed by atoms with Crippen molar-refractivity contribution in [3.8, 4) is 11.1 Å². The van der Waals surface area contributed by atoms with Crippen molar-refractivity contribution < 1.29 is 0 Å². The summed E-state index contributed by atoms with van der Waals surface area (Å²) in [5.74, 6) is 0. The number of hydrogen-bond acceptors (Lipinski definition) is 0. The maximum absolute atomic E-state index is 2.36. The monoisotopic (exact) mass is 280 g/mol. The van der Waals surface area contributed by atoms with Gasteiger partial charge in [-0.3, -0.25) is 0 Å². The van der Waals surface area contributed by atoms with E-state index in [1.807, 2.05) is 0 Å². The minimum atomic E-state index is 1.21. The summed E-state index contributed by atoms with van der Waals surface area (Å²) in [6.45, 7) is 6.81. The van der Waals surface area contributed by atoms with Crippen LogP contribution in [-0.4, -0.2) is 0 Å². The van der Waals surface area contributed by atoms with E-state index in [1.165, 1.54) is 55.2 Å². The van der Waals surface area contributed by atoms with E-state index in [0.29, 0.717) is 0 Å². The summed E-state index contributed by atoms with van der Waals surface area (Å²) in [6.07, 6.45) is 7.52. The molecule has 0 heterocycles. The van der Waals surface area contributed by atoms with Gasteiger partial charge in [0.25, 0.3) is 0 Å². The van der Waals surface area contributed by atoms with Gasteiger partial charge >= 0.3 is 0 Å². The van der Waals surface area contributed by atoms with E-state index in [9.17, 15) is 0 Å². The van der Waals surface area contributed by atoms with Crippen LogP contribution in [0.2, 0.25) is 0 Å². The van der Waals surface area contributed by atoms with Crippen molar-refractivity contribution >= 4 is 0 Å². The van der Waals surface area contributed by atoms with Gasteiger partial charge in [0.1, 0.15) is 0 Å². The van der Waals surface area contributed by atoms with E-state index in [0.717, 1.165) is 0 Å². The summed E-state index contributed by atoms with van der Waals surface area (Å²) in [5.41, 5.74) is 7.43. The fourth-order valence-electron chi connectivity index (χ4n) is 3.06. The predicted molar refractivity (Wildman–Crippen MR) is 93.8 cm³/mol. The zero-order valence-corrected chi connectivity index (χ0v) is 13.8. The summed E-state index contributed by atoms with van der Waals surface area (Å²) in [7, 11) is 0. The molecule has 0 unspecified atom stereocenters. The van der Waals surface area contributed by atoms with Crippen molar-refractivity contribution in [2.45, 2.75) is 59.3 Å². The van der Waals surface area contributed by atoms with Crippen molar-refractivity contribution in [1.82, 2.24) is 0 Å². The van der Waals surface area contributed by atoms with Crippen LogP contribution in [0.3, 0.4) is 0 Å². The largest absolute Gasteiger partial charge is 0.0654 e. The third-order valence-electron chi connectivity index (χ3n) is 4.26. The Morgan fingerprint density at radius 2 is 1.43 bits per heavy atom. The average Bonchev–Trinajstić information content (AvgIpc) is 2.52. The van der Waals surface area contributed by atoms with Crippen LogP contribution in [0.25, 0.3) is 11.1 Å². The second-order valence-corrected chi connectivity index (χ2v) is 5.97. The van der Waals surface area contributed by atoms with Crippen LogP contribution in [0.1, 0.15) is 56.2 Å². The van der Waals surface area contributed by atoms with Gasteiger partial charge in [-0.1, -0.05) is 69.2 Å². The summed E-state index contributed by atoms with van der Waals surface area (Å²) < 4.78 is 0. The molecule has 0 amide bonds. The van der Waals surface area contributed by atoms with Crippen LogP contribution in [0.15, 0.2) is 42.5 Å². The van der Waals surface area contributed by atoms with Crippen molar-refractivity contribution in [3.63, 3.8) is 0 Å². The molecular formula is C21H28. The van der Waals surface area contributed by atoms with Crippen LogP contribution in [-0.2, 0) is 12.8 Å². The van der Waals surface area contributed by atoms with Crippen LogP contribution in [0.4, 0.5) is 0 Å². The number of benzene rings is 2. The molecule has 0 atom stereocenters. The molecule has 21 heavy (non-hydrogen) atoms. The van der Waals surface area contributed by atoms with Crippen molar-refractivity contribution in [1.29, 1.82) is 0 Å². The zero-order valence-electron chi connectivity index (χ0n) is 13.8. The molecule has 0 spiro atoms. The Morgan fingerprint density at radius 1 is 0.762 bits per heavy atom. The van der Waals surface area contributed by atoms with Gasteiger partial charge in [0.05, 0.1) is 0 Å². The van der Waals surface area contributed by atoms with Gasteiger partial charge in [-0.25, -0.2) is 0 Å². The van der Waals surface area contributed by atoms with Crippen molar-refractivity contribution in [2.75, 3.05) is 0 Å². The average molecular weight is 280 g/mol. The maximum atomic E-state index is 2.36. The zero-order chi connectivity index (χ0) is 15.1. The van der Waals surface area contributed by atoms with Gasteiger partial charge in [-0.05, 0) is 60.4 Å². The minimum Gasteiger partial charge on any atom is -0.0654 e. The normalized spacial score (nSPS) is 10.8. The molecule has 0 N–H and O–H groups in total. The second kappa shape index (κ2) is 8.02. The van der Waals surface area contributed by atoms with Crippen LogP contribution in [0.5, 0.6) is 0 Å². The highest BCUT2D eigenvalue weighted by Crippen LogP contribution is 2.32. The molecule has 0 aliphatic rings. The highest BCUT2D eigenvalue weighted by Gasteiger charge is 2.12. The summed E-state index contributed by atoms with van der Waals surface area (Å²) in [4.78, 5) is 0. The highest BCUT2D eigenvalue weighted by atomic mass is 14.2. The fraction of sp³-hybridized carbons (Fsp3) is 0.429. The lowest BCUT2D eigenvalue weighted by Gasteiger charge is -2.18. The third-order valence-corrected chi connectivity index (χ3v) is 4.26. The van der Waals surface area contributed by atoms with Crippen molar-refractivity contribution in [3.05, 3.63) is 59.2 Å². The lowest BCUT2D eigenvalue weighted by atomic mass is 9.87. The molecule has 112 valence electrons. The third kappa shape index (κ3) is 3.97. The standard InChI is InChI=1S/C21H28/c1-4-6-11-18-16-15-17(3)21(20(18)14-7-5-2)19-12-9-8-10-13-19/h8-10,12-13,15-16H,4-7,11,14H2,1-3H3. The molecule has 2 aromatic carbocycles. The van der Waals surface area contributed by atoms with Gasteiger partial charge in [0.15, 0.2) is 0 Å². The molecule has 0 nitrogen and oxygen atoms in total. The Hall–Kier alpha value is -1.56. The van der Waals surface area contributed by atoms with E-state index in [-0.39, 0.29) is 0 Å². The molecule has 0 radical (unpaired) electrons. The molecule has 0 aliphatic heterocycles. The van der Waals surface area contributed by atoms with E-state index < -0.39 is 0 Å². The van der Waals surface area contributed by atoms with Crippen LogP contribution >= 0.6 is 0 Å². The van der Waals surface area contributed by atoms with Crippen molar-refractivity contribution in [2.24, 2.45) is 0 Å². The smallest absolute Gasteiger partial charge is 0.0120 e. The quantitative estimate of drug-likeness (QED) is 0.554. The Balaban J connectivity index is 2.49. The number of rotatable bonds is 7. The van der Waals surface area contributed by atoms with Gasteiger partial charge in [-0.2, -0.15) is 0 Å². The van der Waals surface area contributed by atoms with Gasteiger partial charge < -0.3 is 0 Å². The molecule has 0 saturated carbocycles. The number of unbranched alkanes of at least 4 members (excludes halogenated alkanes) is 2. The summed E-state index contributed by atoms with van der Waals surface area (Å²) in [5, 5.41) is 0. The molecule has 0 fully saturated rings. The topological polar surface area (TPSA) is 0 Å². The van der Waals surface area contributed by atoms with E-state index in [1.54, 1.807) is 11.1 Å². The second-order valence-electron chi connectivity index (χ2n) is 5.97. The molecule has 0 saturated heterocycles. The molecule has 0 bridgehead atoms. The Kier molecular flexibility index (Phi) is 6.04. The summed E-state index contributed by atoms with van der Waals surface area (Å²) in [6, 6.07) is 15.6. The lowest BCUT2D eigenvalue weighted by Crippen LogP contribution is -2.00. The van der Waals surface area contributed by atoms with E-state index >= 15 is 0 Å². The Morgan fingerprint density at radius 3 is 2.10 bits per heavy atom. The number of hydrogen-bond donors (Lipinski definition) is 0. The first-order valence-corrected chi connectivity index (χ1v) is 8.44. The lowest BCUT2D eigenvalue weighted by molar-refractivity contribution is 0.758. The Bertz CT molecular complexity index is 552. The first-order valence-electron chi connectivity index (χ1n) is 8.44. The van der Waals surface area contributed by atoms with Crippen LogP contribution < -0.4 is 0 Å². The highest BCUT2D eigenvalue weighted by molar-refractivity contribution is 5.72. The SMILES string of the molecule is CCCCc1ccc(C)c(-c2ccccc2)c1CCCC. The van der Waals surface area contributed by atoms with Gasteiger partial charge in [0.2, 0.25) is 0 Å². The van der Waals surface area contributed by atoms with Gasteiger partial charge in [0, 0.05) is 0 Å². The fourth-order valence-corrected chi connectivity index (χ4v) is 3.06. The minimum absolute atomic E-state index is 1.21.